The molecule has 1 heteroatoms. The van der Waals surface area contributed by atoms with Crippen molar-refractivity contribution in [2.75, 3.05) is 0 Å². The number of benzene rings is 2. The largest absolute Gasteiger partial charge is 0.211 e. The van der Waals surface area contributed by atoms with Crippen LogP contribution in [0.15, 0.2) is 42.5 Å². The van der Waals surface area contributed by atoms with Gasteiger partial charge < -0.3 is 0 Å². The minimum Gasteiger partial charge on any atom is -0.197 e. The molecule has 0 amide bonds. The highest BCUT2D eigenvalue weighted by atomic mass is 15.1. The number of hydrogen-bond acceptors (Lipinski definition) is 0. The molecule has 0 radical (unpaired) electrons. The van der Waals surface area contributed by atoms with Gasteiger partial charge in [-0.15, -0.1) is 0 Å². The molecule has 3 rings (SSSR count). The minimum absolute atomic E-state index is 0.245. The summed E-state index contributed by atoms with van der Waals surface area (Å²) in [5.74, 6) is 1.33. The lowest BCUT2D eigenvalue weighted by Crippen LogP contribution is -2.29. The third kappa shape index (κ3) is 5.34. The van der Waals surface area contributed by atoms with E-state index in [0.29, 0.717) is 11.8 Å². The maximum Gasteiger partial charge on any atom is 0.211 e. The monoisotopic (exact) mass is 378 g/mol. The molecule has 0 fully saturated rings. The first kappa shape index (κ1) is 22.4. The van der Waals surface area contributed by atoms with E-state index in [9.17, 15) is 0 Å². The van der Waals surface area contributed by atoms with Gasteiger partial charge >= 0.3 is 0 Å². The van der Waals surface area contributed by atoms with Gasteiger partial charge in [0.25, 0.3) is 0 Å². The molecule has 0 spiro atoms. The Bertz CT molecular complexity index is 771. The van der Waals surface area contributed by atoms with E-state index in [2.05, 4.69) is 109 Å². The molecule has 1 nitrogen and oxygen atoms in total. The van der Waals surface area contributed by atoms with Crippen molar-refractivity contribution in [3.8, 4) is 0 Å². The van der Waals surface area contributed by atoms with Crippen LogP contribution in [0, 0.1) is 12.8 Å². The Morgan fingerprint density at radius 2 is 1.50 bits per heavy atom. The maximum absolute atomic E-state index is 2.54. The summed E-state index contributed by atoms with van der Waals surface area (Å²) in [5, 5.41) is 0. The lowest BCUT2D eigenvalue weighted by molar-refractivity contribution is -0.512. The van der Waals surface area contributed by atoms with Crippen molar-refractivity contribution in [2.24, 2.45) is 5.92 Å². The molecule has 1 aliphatic heterocycles. The molecule has 1 unspecified atom stereocenters. The summed E-state index contributed by atoms with van der Waals surface area (Å²) in [7, 11) is 0. The fourth-order valence-corrected chi connectivity index (χ4v) is 4.25. The van der Waals surface area contributed by atoms with Crippen molar-refractivity contribution in [1.82, 2.24) is 0 Å². The number of rotatable bonds is 4. The van der Waals surface area contributed by atoms with E-state index in [1.54, 1.807) is 0 Å². The molecular formula is C27H40N+. The second-order valence-corrected chi connectivity index (χ2v) is 9.21. The summed E-state index contributed by atoms with van der Waals surface area (Å²) >= 11 is 0. The van der Waals surface area contributed by atoms with Crippen LogP contribution in [-0.2, 0) is 12.8 Å². The molecule has 0 saturated heterocycles. The Morgan fingerprint density at radius 3 is 1.89 bits per heavy atom. The molecule has 152 valence electrons. The van der Waals surface area contributed by atoms with Crippen molar-refractivity contribution >= 4 is 11.9 Å². The molecule has 0 saturated carbocycles. The smallest absolute Gasteiger partial charge is 0.197 e. The summed E-state index contributed by atoms with van der Waals surface area (Å²) in [6.07, 6.45) is 5.89. The van der Waals surface area contributed by atoms with Gasteiger partial charge in [0, 0.05) is 37.3 Å². The zero-order valence-corrected chi connectivity index (χ0v) is 19.3. The van der Waals surface area contributed by atoms with Gasteiger partial charge in [-0.2, -0.15) is 4.58 Å². The molecule has 28 heavy (non-hydrogen) atoms. The maximum atomic E-state index is 2.54. The van der Waals surface area contributed by atoms with Crippen LogP contribution in [0.25, 0.3) is 0 Å². The third-order valence-corrected chi connectivity index (χ3v) is 5.83. The SMILES string of the molecule is CCc1cccc(CC)c1[N+]1=CC(C)CC1(C)C.Cc1ccc(C(C)C)cc1. The van der Waals surface area contributed by atoms with Crippen molar-refractivity contribution in [2.45, 2.75) is 86.1 Å². The van der Waals surface area contributed by atoms with Gasteiger partial charge in [0.2, 0.25) is 5.69 Å². The van der Waals surface area contributed by atoms with Gasteiger partial charge in [-0.05, 0) is 31.2 Å². The van der Waals surface area contributed by atoms with E-state index in [-0.39, 0.29) is 5.54 Å². The van der Waals surface area contributed by atoms with Crippen LogP contribution in [0.5, 0.6) is 0 Å². The Balaban J connectivity index is 0.000000237. The van der Waals surface area contributed by atoms with Gasteiger partial charge in [-0.25, -0.2) is 0 Å². The topological polar surface area (TPSA) is 3.01 Å². The van der Waals surface area contributed by atoms with Crippen molar-refractivity contribution in [1.29, 1.82) is 0 Å². The minimum atomic E-state index is 0.245. The third-order valence-electron chi connectivity index (χ3n) is 5.83. The van der Waals surface area contributed by atoms with E-state index in [0.717, 1.165) is 12.8 Å². The van der Waals surface area contributed by atoms with Gasteiger partial charge in [-0.3, -0.25) is 0 Å². The van der Waals surface area contributed by atoms with Crippen LogP contribution >= 0.6 is 0 Å². The summed E-state index contributed by atoms with van der Waals surface area (Å²) in [5.41, 5.74) is 7.43. The van der Waals surface area contributed by atoms with Crippen molar-refractivity contribution in [3.05, 3.63) is 64.7 Å². The molecule has 0 N–H and O–H groups in total. The Hall–Kier alpha value is -1.89. The van der Waals surface area contributed by atoms with Crippen LogP contribution in [0.2, 0.25) is 0 Å². The number of hydrogen-bond donors (Lipinski definition) is 0. The van der Waals surface area contributed by atoms with E-state index in [4.69, 9.17) is 0 Å². The molecule has 1 atom stereocenters. The summed E-state index contributed by atoms with van der Waals surface area (Å²) in [6, 6.07) is 15.5. The van der Waals surface area contributed by atoms with Crippen LogP contribution in [-0.4, -0.2) is 16.3 Å². The molecule has 0 aromatic heterocycles. The Labute approximate surface area is 173 Å². The lowest BCUT2D eigenvalue weighted by Gasteiger charge is -2.20. The van der Waals surface area contributed by atoms with Crippen molar-refractivity contribution < 1.29 is 4.58 Å². The summed E-state index contributed by atoms with van der Waals surface area (Å²) in [4.78, 5) is 0. The summed E-state index contributed by atoms with van der Waals surface area (Å²) < 4.78 is 2.54. The zero-order valence-electron chi connectivity index (χ0n) is 19.3. The second-order valence-electron chi connectivity index (χ2n) is 9.21. The average Bonchev–Trinajstić information content (AvgIpc) is 2.93. The zero-order chi connectivity index (χ0) is 20.9. The first-order valence-corrected chi connectivity index (χ1v) is 11.0. The highest BCUT2D eigenvalue weighted by Crippen LogP contribution is 2.36. The van der Waals surface area contributed by atoms with E-state index < -0.39 is 0 Å². The first-order valence-electron chi connectivity index (χ1n) is 11.0. The molecule has 1 aliphatic rings. The molecule has 2 aromatic carbocycles. The average molecular weight is 379 g/mol. The fraction of sp³-hybridized carbons (Fsp3) is 0.519. The number of para-hydroxylation sites is 1. The van der Waals surface area contributed by atoms with Gasteiger partial charge in [0.15, 0.2) is 5.54 Å². The highest BCUT2D eigenvalue weighted by molar-refractivity contribution is 5.62. The van der Waals surface area contributed by atoms with Crippen LogP contribution in [0.4, 0.5) is 5.69 Å². The Kier molecular flexibility index (Phi) is 7.63. The fourth-order valence-electron chi connectivity index (χ4n) is 4.25. The summed E-state index contributed by atoms with van der Waals surface area (Å²) in [6.45, 7) is 18.1. The van der Waals surface area contributed by atoms with E-state index in [1.165, 1.54) is 34.4 Å². The number of nitrogens with zero attached hydrogens (tertiary/aromatic N) is 1. The normalized spacial score (nSPS) is 17.9. The lowest BCUT2D eigenvalue weighted by atomic mass is 9.94. The van der Waals surface area contributed by atoms with Crippen LogP contribution in [0.1, 0.15) is 83.1 Å². The van der Waals surface area contributed by atoms with E-state index >= 15 is 0 Å². The molecule has 1 heterocycles. The Morgan fingerprint density at radius 1 is 0.964 bits per heavy atom. The van der Waals surface area contributed by atoms with Gasteiger partial charge in [0.05, 0.1) is 0 Å². The van der Waals surface area contributed by atoms with Crippen LogP contribution < -0.4 is 0 Å². The molecule has 0 bridgehead atoms. The molecule has 2 aromatic rings. The van der Waals surface area contributed by atoms with Crippen LogP contribution in [0.3, 0.4) is 0 Å². The van der Waals surface area contributed by atoms with Crippen molar-refractivity contribution in [3.63, 3.8) is 0 Å². The van der Waals surface area contributed by atoms with Gasteiger partial charge in [-0.1, -0.05) is 82.6 Å². The quantitative estimate of drug-likeness (QED) is 0.486. The second kappa shape index (κ2) is 9.54. The molecule has 0 aliphatic carbocycles. The van der Waals surface area contributed by atoms with E-state index in [1.807, 2.05) is 0 Å². The molecular weight excluding hydrogens is 338 g/mol. The number of aryl methyl sites for hydroxylation is 3. The first-order chi connectivity index (χ1) is 13.2. The van der Waals surface area contributed by atoms with Gasteiger partial charge in [0.1, 0.15) is 6.21 Å². The predicted molar refractivity (Wildman–Crippen MR) is 124 cm³/mol. The highest BCUT2D eigenvalue weighted by Gasteiger charge is 2.41. The predicted octanol–water partition coefficient (Wildman–Crippen LogP) is 7.46. The standard InChI is InChI=1S/C17H26N.C10H14/c1-6-14-9-8-10-15(7-2)16(14)18-12-13(3)11-17(18,4)5;1-8(2)10-6-4-9(3)5-7-10/h8-10,12-13H,6-7,11H2,1-5H3;4-8H,1-3H3/q+1;.